The number of anilines is 1. The van der Waals surface area contributed by atoms with Gasteiger partial charge in [-0.2, -0.15) is 0 Å². The van der Waals surface area contributed by atoms with Gasteiger partial charge in [0.15, 0.2) is 0 Å². The molecule has 180 valence electrons. The molecule has 0 unspecified atom stereocenters. The van der Waals surface area contributed by atoms with E-state index in [4.69, 9.17) is 4.74 Å². The topological polar surface area (TPSA) is 96.0 Å². The molecule has 0 spiro atoms. The summed E-state index contributed by atoms with van der Waals surface area (Å²) in [7, 11) is -2.30. The third-order valence-corrected chi connectivity index (χ3v) is 6.17. The van der Waals surface area contributed by atoms with E-state index in [0.717, 1.165) is 16.1 Å². The average Bonchev–Trinajstić information content (AvgIpc) is 2.76. The maximum Gasteiger partial charge on any atom is 0.244 e. The highest BCUT2D eigenvalue weighted by molar-refractivity contribution is 7.92. The number of nitrogens with one attached hydrogen (secondary N) is 1. The monoisotopic (exact) mass is 475 g/mol. The van der Waals surface area contributed by atoms with Crippen LogP contribution in [0.5, 0.6) is 5.75 Å². The summed E-state index contributed by atoms with van der Waals surface area (Å²) in [6, 6.07) is 15.0. The summed E-state index contributed by atoms with van der Waals surface area (Å²) in [4.78, 5) is 27.9. The normalized spacial score (nSPS) is 12.2. The minimum absolute atomic E-state index is 0.0930. The van der Waals surface area contributed by atoms with Crippen molar-refractivity contribution >= 4 is 27.5 Å². The van der Waals surface area contributed by atoms with Crippen molar-refractivity contribution in [2.45, 2.75) is 45.8 Å². The van der Waals surface area contributed by atoms with Crippen LogP contribution >= 0.6 is 0 Å². The van der Waals surface area contributed by atoms with Crippen molar-refractivity contribution in [2.24, 2.45) is 0 Å². The van der Waals surface area contributed by atoms with E-state index in [9.17, 15) is 18.0 Å². The van der Waals surface area contributed by atoms with Crippen LogP contribution in [0.2, 0.25) is 0 Å². The van der Waals surface area contributed by atoms with Crippen molar-refractivity contribution in [3.05, 3.63) is 60.2 Å². The average molecular weight is 476 g/mol. The molecule has 8 nitrogen and oxygen atoms in total. The molecule has 0 aliphatic carbocycles. The molecule has 0 aliphatic rings. The number of hydrogen-bond acceptors (Lipinski definition) is 5. The Kier molecular flexibility index (Phi) is 9.28. The number of nitrogens with zero attached hydrogens (tertiary/aromatic N) is 2. The van der Waals surface area contributed by atoms with E-state index in [1.807, 2.05) is 51.1 Å². The van der Waals surface area contributed by atoms with Crippen LogP contribution in [0, 0.1) is 0 Å². The van der Waals surface area contributed by atoms with Crippen molar-refractivity contribution in [3.63, 3.8) is 0 Å². The van der Waals surface area contributed by atoms with Crippen molar-refractivity contribution in [1.29, 1.82) is 0 Å². The van der Waals surface area contributed by atoms with Crippen LogP contribution < -0.4 is 14.4 Å². The molecule has 0 saturated carbocycles. The summed E-state index contributed by atoms with van der Waals surface area (Å²) in [6.45, 7) is 5.26. The number of methoxy groups -OCH3 is 1. The Morgan fingerprint density at radius 3 is 2.27 bits per heavy atom. The minimum Gasteiger partial charge on any atom is -0.497 e. The lowest BCUT2D eigenvalue weighted by atomic mass is 10.1. The van der Waals surface area contributed by atoms with Gasteiger partial charge >= 0.3 is 0 Å². The van der Waals surface area contributed by atoms with E-state index in [-0.39, 0.29) is 18.5 Å². The first-order valence-corrected chi connectivity index (χ1v) is 12.7. The van der Waals surface area contributed by atoms with E-state index >= 15 is 0 Å². The zero-order valence-electron chi connectivity index (χ0n) is 19.8. The lowest BCUT2D eigenvalue weighted by Crippen LogP contribution is -2.53. The predicted molar refractivity (Wildman–Crippen MR) is 130 cm³/mol. The second-order valence-electron chi connectivity index (χ2n) is 8.07. The number of hydrogen-bond donors (Lipinski definition) is 1. The molecule has 2 aromatic rings. The summed E-state index contributed by atoms with van der Waals surface area (Å²) in [5.74, 6) is -0.278. The minimum atomic E-state index is -3.79. The molecule has 0 aliphatic heterocycles. The van der Waals surface area contributed by atoms with Crippen molar-refractivity contribution < 1.29 is 22.7 Å². The number of sulfonamides is 1. The van der Waals surface area contributed by atoms with Gasteiger partial charge in [-0.1, -0.05) is 43.3 Å². The molecule has 0 saturated heterocycles. The van der Waals surface area contributed by atoms with Gasteiger partial charge in [-0.05, 0) is 38.0 Å². The lowest BCUT2D eigenvalue weighted by molar-refractivity contribution is -0.140. The highest BCUT2D eigenvalue weighted by Crippen LogP contribution is 2.24. The van der Waals surface area contributed by atoms with Gasteiger partial charge in [0.05, 0.1) is 19.1 Å². The molecule has 0 aromatic heterocycles. The summed E-state index contributed by atoms with van der Waals surface area (Å²) >= 11 is 0. The molecular formula is C24H33N3O5S. The van der Waals surface area contributed by atoms with Crippen LogP contribution in [0.15, 0.2) is 54.6 Å². The van der Waals surface area contributed by atoms with Gasteiger partial charge in [-0.15, -0.1) is 0 Å². The summed E-state index contributed by atoms with van der Waals surface area (Å²) in [5, 5.41) is 2.86. The van der Waals surface area contributed by atoms with Gasteiger partial charge in [-0.3, -0.25) is 13.9 Å². The molecule has 0 heterocycles. The fourth-order valence-corrected chi connectivity index (χ4v) is 4.30. The molecule has 0 bridgehead atoms. The number of amides is 2. The van der Waals surface area contributed by atoms with Crippen LogP contribution in [0.1, 0.15) is 32.8 Å². The first-order valence-electron chi connectivity index (χ1n) is 10.8. The Morgan fingerprint density at radius 1 is 1.06 bits per heavy atom. The maximum atomic E-state index is 13.5. The van der Waals surface area contributed by atoms with Gasteiger partial charge in [0.25, 0.3) is 0 Å². The van der Waals surface area contributed by atoms with E-state index in [2.05, 4.69) is 5.32 Å². The van der Waals surface area contributed by atoms with Gasteiger partial charge in [-0.25, -0.2) is 8.42 Å². The van der Waals surface area contributed by atoms with Gasteiger partial charge in [0.1, 0.15) is 18.3 Å². The molecule has 2 rings (SSSR count). The van der Waals surface area contributed by atoms with E-state index < -0.39 is 28.5 Å². The first kappa shape index (κ1) is 26.2. The first-order chi connectivity index (χ1) is 15.6. The number of rotatable bonds is 11. The Hall–Kier alpha value is -3.07. The highest BCUT2D eigenvalue weighted by atomic mass is 32.2. The van der Waals surface area contributed by atoms with Crippen LogP contribution in [-0.4, -0.2) is 57.1 Å². The number of ether oxygens (including phenoxy) is 1. The third kappa shape index (κ3) is 7.49. The number of benzene rings is 2. The summed E-state index contributed by atoms with van der Waals surface area (Å²) in [6.07, 6.45) is 1.43. The second kappa shape index (κ2) is 11.7. The quantitative estimate of drug-likeness (QED) is 0.539. The molecule has 1 atom stereocenters. The van der Waals surface area contributed by atoms with Crippen molar-refractivity contribution in [3.8, 4) is 5.75 Å². The highest BCUT2D eigenvalue weighted by Gasteiger charge is 2.32. The molecule has 2 amide bonds. The molecule has 9 heteroatoms. The molecule has 2 aromatic carbocycles. The third-order valence-electron chi connectivity index (χ3n) is 5.03. The van der Waals surface area contributed by atoms with Crippen LogP contribution in [0.3, 0.4) is 0 Å². The van der Waals surface area contributed by atoms with Crippen LogP contribution in [0.25, 0.3) is 0 Å². The Morgan fingerprint density at radius 2 is 1.73 bits per heavy atom. The lowest BCUT2D eigenvalue weighted by Gasteiger charge is -2.33. The van der Waals surface area contributed by atoms with Crippen molar-refractivity contribution in [2.75, 3.05) is 24.2 Å². The Balaban J connectivity index is 2.42. The fraction of sp³-hybridized carbons (Fsp3) is 0.417. The standard InChI is InChI=1S/C24H33N3O5S/c1-6-22(24(29)25-18(2)3)26(16-19-11-8-7-9-12-19)23(28)17-27(33(5,30)31)20-13-10-14-21(15-20)32-4/h7-15,18,22H,6,16-17H2,1-5H3,(H,25,29)/t22-/m0/s1. The zero-order valence-corrected chi connectivity index (χ0v) is 20.6. The Bertz CT molecular complexity index is 1040. The molecule has 0 fully saturated rings. The second-order valence-corrected chi connectivity index (χ2v) is 9.97. The van der Waals surface area contributed by atoms with E-state index in [1.165, 1.54) is 12.0 Å². The molecule has 0 radical (unpaired) electrons. The van der Waals surface area contributed by atoms with Crippen molar-refractivity contribution in [1.82, 2.24) is 10.2 Å². The predicted octanol–water partition coefficient (Wildman–Crippen LogP) is 2.79. The van der Waals surface area contributed by atoms with Crippen LogP contribution in [-0.2, 0) is 26.2 Å². The Labute approximate surface area is 196 Å². The van der Waals surface area contributed by atoms with E-state index in [1.54, 1.807) is 24.3 Å². The number of carbonyl (C=O) groups is 2. The summed E-state index contributed by atoms with van der Waals surface area (Å²) < 4.78 is 31.4. The fourth-order valence-electron chi connectivity index (χ4n) is 3.46. The zero-order chi connectivity index (χ0) is 24.6. The SMILES string of the molecule is CC[C@@H](C(=O)NC(C)C)N(Cc1ccccc1)C(=O)CN(c1cccc(OC)c1)S(C)(=O)=O. The van der Waals surface area contributed by atoms with Gasteiger partial charge in [0, 0.05) is 18.7 Å². The summed E-state index contributed by atoms with van der Waals surface area (Å²) in [5.41, 5.74) is 1.15. The molecule has 33 heavy (non-hydrogen) atoms. The molecule has 1 N–H and O–H groups in total. The number of carbonyl (C=O) groups excluding carboxylic acids is 2. The van der Waals surface area contributed by atoms with Gasteiger partial charge < -0.3 is 15.0 Å². The molecular weight excluding hydrogens is 442 g/mol. The van der Waals surface area contributed by atoms with E-state index in [0.29, 0.717) is 17.9 Å². The maximum absolute atomic E-state index is 13.5. The smallest absolute Gasteiger partial charge is 0.244 e. The van der Waals surface area contributed by atoms with Gasteiger partial charge in [0.2, 0.25) is 21.8 Å². The largest absolute Gasteiger partial charge is 0.497 e. The van der Waals surface area contributed by atoms with Crippen LogP contribution in [0.4, 0.5) is 5.69 Å².